The van der Waals surface area contributed by atoms with Gasteiger partial charge in [0.2, 0.25) is 5.88 Å². The SMILES string of the molecule is COc1nscc1C1CCC1O. The van der Waals surface area contributed by atoms with E-state index < -0.39 is 0 Å². The van der Waals surface area contributed by atoms with Crippen molar-refractivity contribution < 1.29 is 9.84 Å². The van der Waals surface area contributed by atoms with E-state index in [0.717, 1.165) is 18.4 Å². The number of methoxy groups -OCH3 is 1. The van der Waals surface area contributed by atoms with Crippen molar-refractivity contribution in [3.05, 3.63) is 10.9 Å². The van der Waals surface area contributed by atoms with Gasteiger partial charge in [0.05, 0.1) is 13.2 Å². The summed E-state index contributed by atoms with van der Waals surface area (Å²) in [5.41, 5.74) is 1.07. The number of nitrogens with zero attached hydrogens (tertiary/aromatic N) is 1. The Morgan fingerprint density at radius 2 is 2.50 bits per heavy atom. The van der Waals surface area contributed by atoms with Crippen molar-refractivity contribution >= 4 is 11.5 Å². The fraction of sp³-hybridized carbons (Fsp3) is 0.625. The van der Waals surface area contributed by atoms with E-state index in [1.807, 2.05) is 5.38 Å². The summed E-state index contributed by atoms with van der Waals surface area (Å²) in [5.74, 6) is 0.947. The molecular weight excluding hydrogens is 174 g/mol. The zero-order chi connectivity index (χ0) is 8.55. The lowest BCUT2D eigenvalue weighted by Gasteiger charge is -2.31. The van der Waals surface area contributed by atoms with Crippen molar-refractivity contribution in [2.75, 3.05) is 7.11 Å². The molecule has 0 amide bonds. The van der Waals surface area contributed by atoms with Gasteiger partial charge in [-0.1, -0.05) is 0 Å². The highest BCUT2D eigenvalue weighted by Gasteiger charge is 2.33. The summed E-state index contributed by atoms with van der Waals surface area (Å²) in [5, 5.41) is 11.4. The highest BCUT2D eigenvalue weighted by Crippen LogP contribution is 2.41. The topological polar surface area (TPSA) is 42.4 Å². The molecule has 66 valence electrons. The second-order valence-electron chi connectivity index (χ2n) is 3.03. The first-order chi connectivity index (χ1) is 5.83. The Morgan fingerprint density at radius 3 is 3.00 bits per heavy atom. The molecule has 0 bridgehead atoms. The normalized spacial score (nSPS) is 28.2. The van der Waals surface area contributed by atoms with Crippen LogP contribution in [0.4, 0.5) is 0 Å². The van der Waals surface area contributed by atoms with Crippen LogP contribution in [-0.4, -0.2) is 22.7 Å². The number of aromatic nitrogens is 1. The zero-order valence-corrected chi connectivity index (χ0v) is 7.67. The van der Waals surface area contributed by atoms with Crippen molar-refractivity contribution in [2.45, 2.75) is 24.9 Å². The molecule has 1 N–H and O–H groups in total. The van der Waals surface area contributed by atoms with Gasteiger partial charge < -0.3 is 9.84 Å². The van der Waals surface area contributed by atoms with Gasteiger partial charge in [0.15, 0.2) is 0 Å². The van der Waals surface area contributed by atoms with Crippen molar-refractivity contribution in [2.24, 2.45) is 0 Å². The van der Waals surface area contributed by atoms with E-state index in [4.69, 9.17) is 4.74 Å². The second-order valence-corrected chi connectivity index (χ2v) is 3.66. The largest absolute Gasteiger partial charge is 0.480 e. The molecular formula is C8H11NO2S. The maximum Gasteiger partial charge on any atom is 0.228 e. The standard InChI is InChI=1S/C8H11NO2S/c1-11-8-6(4-12-9-8)5-2-3-7(5)10/h4-5,7,10H,2-3H2,1H3. The van der Waals surface area contributed by atoms with Gasteiger partial charge in [0, 0.05) is 16.9 Å². The van der Waals surface area contributed by atoms with Crippen LogP contribution in [0, 0.1) is 0 Å². The molecule has 1 aromatic rings. The molecule has 1 aromatic heterocycles. The van der Waals surface area contributed by atoms with Crippen LogP contribution in [0.25, 0.3) is 0 Å². The fourth-order valence-corrected chi connectivity index (χ4v) is 2.20. The summed E-state index contributed by atoms with van der Waals surface area (Å²) in [7, 11) is 1.61. The van der Waals surface area contributed by atoms with E-state index in [2.05, 4.69) is 4.37 Å². The van der Waals surface area contributed by atoms with Gasteiger partial charge in [0.25, 0.3) is 0 Å². The quantitative estimate of drug-likeness (QED) is 0.757. The van der Waals surface area contributed by atoms with Gasteiger partial charge in [0.1, 0.15) is 0 Å². The van der Waals surface area contributed by atoms with Crippen LogP contribution < -0.4 is 4.74 Å². The van der Waals surface area contributed by atoms with E-state index in [1.54, 1.807) is 7.11 Å². The van der Waals surface area contributed by atoms with Gasteiger partial charge in [-0.3, -0.25) is 0 Å². The number of rotatable bonds is 2. The van der Waals surface area contributed by atoms with Gasteiger partial charge in [-0.15, -0.1) is 0 Å². The third-order valence-corrected chi connectivity index (χ3v) is 3.02. The van der Waals surface area contributed by atoms with Crippen molar-refractivity contribution in [3.63, 3.8) is 0 Å². The Morgan fingerprint density at radius 1 is 1.67 bits per heavy atom. The Labute approximate surface area is 75.2 Å². The minimum atomic E-state index is -0.185. The van der Waals surface area contributed by atoms with E-state index in [9.17, 15) is 5.11 Å². The highest BCUT2D eigenvalue weighted by molar-refractivity contribution is 7.03. The van der Waals surface area contributed by atoms with E-state index >= 15 is 0 Å². The van der Waals surface area contributed by atoms with Gasteiger partial charge in [-0.05, 0) is 24.4 Å². The van der Waals surface area contributed by atoms with Crippen LogP contribution in [0.1, 0.15) is 24.3 Å². The summed E-state index contributed by atoms with van der Waals surface area (Å²) in [6, 6.07) is 0. The number of aliphatic hydroxyl groups excluding tert-OH is 1. The number of ether oxygens (including phenoxy) is 1. The van der Waals surface area contributed by atoms with E-state index in [0.29, 0.717) is 5.88 Å². The summed E-state index contributed by atoms with van der Waals surface area (Å²) in [6.07, 6.45) is 1.77. The van der Waals surface area contributed by atoms with Gasteiger partial charge >= 0.3 is 0 Å². The predicted molar refractivity (Wildman–Crippen MR) is 46.6 cm³/mol. The molecule has 4 heteroatoms. The lowest BCUT2D eigenvalue weighted by atomic mass is 9.78. The van der Waals surface area contributed by atoms with Gasteiger partial charge in [-0.2, -0.15) is 4.37 Å². The molecule has 0 saturated heterocycles. The predicted octanol–water partition coefficient (Wildman–Crippen LogP) is 1.39. The molecule has 0 spiro atoms. The molecule has 0 aromatic carbocycles. The molecule has 1 saturated carbocycles. The molecule has 1 aliphatic carbocycles. The lowest BCUT2D eigenvalue weighted by Crippen LogP contribution is -2.28. The van der Waals surface area contributed by atoms with Crippen LogP contribution in [-0.2, 0) is 0 Å². The summed E-state index contributed by atoms with van der Waals surface area (Å²) in [6.45, 7) is 0. The molecule has 12 heavy (non-hydrogen) atoms. The zero-order valence-electron chi connectivity index (χ0n) is 6.86. The number of aliphatic hydroxyl groups is 1. The first-order valence-corrected chi connectivity index (χ1v) is 4.83. The average molecular weight is 185 g/mol. The number of hydrogen-bond donors (Lipinski definition) is 1. The Kier molecular flexibility index (Phi) is 2.02. The molecule has 3 nitrogen and oxygen atoms in total. The lowest BCUT2D eigenvalue weighted by molar-refractivity contribution is 0.0650. The van der Waals surface area contributed by atoms with Crippen LogP contribution in [0.2, 0.25) is 0 Å². The molecule has 2 unspecified atom stereocenters. The molecule has 2 rings (SSSR count). The van der Waals surface area contributed by atoms with Crippen LogP contribution >= 0.6 is 11.5 Å². The van der Waals surface area contributed by atoms with Crippen molar-refractivity contribution in [3.8, 4) is 5.88 Å². The first kappa shape index (κ1) is 8.01. The van der Waals surface area contributed by atoms with E-state index in [-0.39, 0.29) is 12.0 Å². The Balaban J connectivity index is 2.21. The molecule has 0 aliphatic heterocycles. The fourth-order valence-electron chi connectivity index (χ4n) is 1.48. The molecule has 1 aliphatic rings. The average Bonchev–Trinajstić information content (AvgIpc) is 2.50. The summed E-state index contributed by atoms with van der Waals surface area (Å²) >= 11 is 1.38. The maximum atomic E-state index is 9.42. The monoisotopic (exact) mass is 185 g/mol. The summed E-state index contributed by atoms with van der Waals surface area (Å²) < 4.78 is 9.16. The molecule has 0 radical (unpaired) electrons. The smallest absolute Gasteiger partial charge is 0.228 e. The van der Waals surface area contributed by atoms with Crippen LogP contribution in [0.15, 0.2) is 5.38 Å². The number of hydrogen-bond acceptors (Lipinski definition) is 4. The van der Waals surface area contributed by atoms with Crippen LogP contribution in [0.3, 0.4) is 0 Å². The van der Waals surface area contributed by atoms with Crippen molar-refractivity contribution in [1.82, 2.24) is 4.37 Å². The summed E-state index contributed by atoms with van der Waals surface area (Å²) in [4.78, 5) is 0. The van der Waals surface area contributed by atoms with Crippen molar-refractivity contribution in [1.29, 1.82) is 0 Å². The Bertz CT molecular complexity index is 274. The minimum absolute atomic E-state index is 0.185. The third-order valence-electron chi connectivity index (χ3n) is 2.39. The first-order valence-electron chi connectivity index (χ1n) is 3.99. The van der Waals surface area contributed by atoms with E-state index in [1.165, 1.54) is 11.5 Å². The second kappa shape index (κ2) is 3.03. The Hall–Kier alpha value is -0.610. The molecule has 1 fully saturated rings. The van der Waals surface area contributed by atoms with Gasteiger partial charge in [-0.25, -0.2) is 0 Å². The minimum Gasteiger partial charge on any atom is -0.480 e. The maximum absolute atomic E-state index is 9.42. The molecule has 1 heterocycles. The molecule has 2 atom stereocenters. The van der Waals surface area contributed by atoms with Crippen LogP contribution in [0.5, 0.6) is 5.88 Å². The third kappa shape index (κ3) is 1.11. The highest BCUT2D eigenvalue weighted by atomic mass is 32.1.